The molecule has 2 aromatic carbocycles. The van der Waals surface area contributed by atoms with Crippen LogP contribution in [0.4, 0.5) is 14.5 Å². The average molecular weight is 270 g/mol. The molecule has 1 aromatic heterocycles. The molecule has 0 saturated carbocycles. The van der Waals surface area contributed by atoms with E-state index in [-0.39, 0.29) is 12.1 Å². The zero-order valence-electron chi connectivity index (χ0n) is 10.6. The fraction of sp³-hybridized carbons (Fsp3) is 0.0625. The number of aromatic nitrogens is 1. The van der Waals surface area contributed by atoms with Gasteiger partial charge >= 0.3 is 0 Å². The highest BCUT2D eigenvalue weighted by Crippen LogP contribution is 2.19. The van der Waals surface area contributed by atoms with Gasteiger partial charge in [-0.15, -0.1) is 0 Å². The van der Waals surface area contributed by atoms with Gasteiger partial charge in [0, 0.05) is 29.4 Å². The van der Waals surface area contributed by atoms with Gasteiger partial charge in [0.05, 0.1) is 5.52 Å². The van der Waals surface area contributed by atoms with E-state index in [4.69, 9.17) is 0 Å². The van der Waals surface area contributed by atoms with Crippen LogP contribution in [-0.4, -0.2) is 4.98 Å². The molecule has 20 heavy (non-hydrogen) atoms. The summed E-state index contributed by atoms with van der Waals surface area (Å²) in [6.07, 6.45) is 1.73. The lowest BCUT2D eigenvalue weighted by atomic mass is 10.1. The quantitative estimate of drug-likeness (QED) is 0.774. The molecule has 0 aliphatic rings. The molecule has 3 rings (SSSR count). The van der Waals surface area contributed by atoms with Crippen molar-refractivity contribution in [2.75, 3.05) is 5.32 Å². The maximum Gasteiger partial charge on any atom is 0.131 e. The molecule has 0 aliphatic carbocycles. The van der Waals surface area contributed by atoms with Crippen molar-refractivity contribution in [1.29, 1.82) is 0 Å². The van der Waals surface area contributed by atoms with E-state index in [0.29, 0.717) is 0 Å². The lowest BCUT2D eigenvalue weighted by Crippen LogP contribution is -2.04. The van der Waals surface area contributed by atoms with Crippen LogP contribution < -0.4 is 5.32 Å². The minimum atomic E-state index is -0.542. The van der Waals surface area contributed by atoms with Gasteiger partial charge in [0.25, 0.3) is 0 Å². The fourth-order valence-corrected chi connectivity index (χ4v) is 2.08. The molecule has 0 fully saturated rings. The summed E-state index contributed by atoms with van der Waals surface area (Å²) in [5.41, 5.74) is 1.72. The van der Waals surface area contributed by atoms with E-state index in [1.165, 1.54) is 18.2 Å². The number of hydrogen-bond donors (Lipinski definition) is 1. The van der Waals surface area contributed by atoms with Gasteiger partial charge in [0.1, 0.15) is 11.6 Å². The molecule has 0 amide bonds. The Kier molecular flexibility index (Phi) is 3.29. The molecule has 100 valence electrons. The normalized spacial score (nSPS) is 10.7. The molecule has 4 heteroatoms. The van der Waals surface area contributed by atoms with Crippen LogP contribution >= 0.6 is 0 Å². The predicted molar refractivity (Wildman–Crippen MR) is 75.4 cm³/mol. The fourth-order valence-electron chi connectivity index (χ4n) is 2.08. The van der Waals surface area contributed by atoms with Crippen LogP contribution in [0.5, 0.6) is 0 Å². The van der Waals surface area contributed by atoms with Gasteiger partial charge in [-0.3, -0.25) is 4.98 Å². The number of rotatable bonds is 3. The van der Waals surface area contributed by atoms with Crippen LogP contribution in [0.25, 0.3) is 10.9 Å². The number of hydrogen-bond acceptors (Lipinski definition) is 2. The highest BCUT2D eigenvalue weighted by molar-refractivity contribution is 5.82. The Morgan fingerprint density at radius 3 is 2.55 bits per heavy atom. The summed E-state index contributed by atoms with van der Waals surface area (Å²) in [5.74, 6) is -1.08. The predicted octanol–water partition coefficient (Wildman–Crippen LogP) is 4.13. The summed E-state index contributed by atoms with van der Waals surface area (Å²) in [6.45, 7) is 0.101. The maximum atomic E-state index is 13.5. The van der Waals surface area contributed by atoms with Crippen molar-refractivity contribution in [3.8, 4) is 0 Å². The molecule has 3 aromatic rings. The molecule has 0 saturated heterocycles. The van der Waals surface area contributed by atoms with Gasteiger partial charge in [0.15, 0.2) is 0 Å². The van der Waals surface area contributed by atoms with Crippen molar-refractivity contribution >= 4 is 16.6 Å². The summed E-state index contributed by atoms with van der Waals surface area (Å²) >= 11 is 0. The average Bonchev–Trinajstić information content (AvgIpc) is 2.46. The summed E-state index contributed by atoms with van der Waals surface area (Å²) in [5, 5.41) is 4.01. The van der Waals surface area contributed by atoms with E-state index in [1.807, 2.05) is 30.3 Å². The van der Waals surface area contributed by atoms with Crippen LogP contribution in [0, 0.1) is 11.6 Å². The highest BCUT2D eigenvalue weighted by atomic mass is 19.1. The SMILES string of the molecule is Fc1cccc(F)c1CNc1ccc2ncccc2c1. The van der Waals surface area contributed by atoms with Gasteiger partial charge in [-0.1, -0.05) is 12.1 Å². The van der Waals surface area contributed by atoms with Gasteiger partial charge in [-0.25, -0.2) is 8.78 Å². The Bertz CT molecular complexity index is 736. The lowest BCUT2D eigenvalue weighted by Gasteiger charge is -2.09. The standard InChI is InChI=1S/C16H12F2N2/c17-14-4-1-5-15(18)13(14)10-20-12-6-7-16-11(9-12)3-2-8-19-16/h1-9,20H,10H2. The minimum Gasteiger partial charge on any atom is -0.381 e. The summed E-state index contributed by atoms with van der Waals surface area (Å²) in [6, 6.07) is 13.3. The molecule has 0 aliphatic heterocycles. The van der Waals surface area contributed by atoms with Gasteiger partial charge in [-0.05, 0) is 36.4 Å². The van der Waals surface area contributed by atoms with Crippen LogP contribution in [0.3, 0.4) is 0 Å². The largest absolute Gasteiger partial charge is 0.381 e. The first kappa shape index (κ1) is 12.5. The Hall–Kier alpha value is -2.49. The topological polar surface area (TPSA) is 24.9 Å². The van der Waals surface area contributed by atoms with Crippen LogP contribution in [-0.2, 0) is 6.54 Å². The van der Waals surface area contributed by atoms with Crippen molar-refractivity contribution in [3.05, 3.63) is 71.9 Å². The number of anilines is 1. The van der Waals surface area contributed by atoms with Crippen molar-refractivity contribution in [3.63, 3.8) is 0 Å². The third kappa shape index (κ3) is 2.45. The molecule has 0 atom stereocenters. The molecule has 0 unspecified atom stereocenters. The van der Waals surface area contributed by atoms with E-state index >= 15 is 0 Å². The molecule has 0 bridgehead atoms. The summed E-state index contributed by atoms with van der Waals surface area (Å²) in [4.78, 5) is 4.22. The smallest absolute Gasteiger partial charge is 0.131 e. The van der Waals surface area contributed by atoms with E-state index in [9.17, 15) is 8.78 Å². The molecule has 0 spiro atoms. The van der Waals surface area contributed by atoms with Gasteiger partial charge < -0.3 is 5.32 Å². The number of benzene rings is 2. The van der Waals surface area contributed by atoms with Crippen molar-refractivity contribution in [2.45, 2.75) is 6.54 Å². The zero-order valence-corrected chi connectivity index (χ0v) is 10.6. The second kappa shape index (κ2) is 5.25. The summed E-state index contributed by atoms with van der Waals surface area (Å²) < 4.78 is 27.0. The maximum absolute atomic E-state index is 13.5. The number of nitrogens with zero attached hydrogens (tertiary/aromatic N) is 1. The third-order valence-corrected chi connectivity index (χ3v) is 3.13. The monoisotopic (exact) mass is 270 g/mol. The summed E-state index contributed by atoms with van der Waals surface area (Å²) in [7, 11) is 0. The van der Waals surface area contributed by atoms with E-state index in [2.05, 4.69) is 10.3 Å². The highest BCUT2D eigenvalue weighted by Gasteiger charge is 2.07. The van der Waals surface area contributed by atoms with Crippen molar-refractivity contribution in [1.82, 2.24) is 4.98 Å². The molecular weight excluding hydrogens is 258 g/mol. The third-order valence-electron chi connectivity index (χ3n) is 3.13. The number of halogens is 2. The van der Waals surface area contributed by atoms with E-state index in [1.54, 1.807) is 6.20 Å². The first-order chi connectivity index (χ1) is 9.74. The Morgan fingerprint density at radius 2 is 1.75 bits per heavy atom. The van der Waals surface area contributed by atoms with Crippen molar-refractivity contribution < 1.29 is 8.78 Å². The second-order valence-electron chi connectivity index (χ2n) is 4.46. The van der Waals surface area contributed by atoms with Crippen LogP contribution in [0.2, 0.25) is 0 Å². The van der Waals surface area contributed by atoms with Crippen molar-refractivity contribution in [2.24, 2.45) is 0 Å². The Morgan fingerprint density at radius 1 is 0.950 bits per heavy atom. The first-order valence-corrected chi connectivity index (χ1v) is 6.25. The van der Waals surface area contributed by atoms with Gasteiger partial charge in [0.2, 0.25) is 0 Å². The first-order valence-electron chi connectivity index (χ1n) is 6.25. The van der Waals surface area contributed by atoms with E-state index in [0.717, 1.165) is 16.6 Å². The molecule has 2 nitrogen and oxygen atoms in total. The minimum absolute atomic E-state index is 0.0405. The molecular formula is C16H12F2N2. The van der Waals surface area contributed by atoms with Gasteiger partial charge in [-0.2, -0.15) is 0 Å². The molecule has 0 radical (unpaired) electrons. The lowest BCUT2D eigenvalue weighted by molar-refractivity contribution is 0.560. The Balaban J connectivity index is 1.83. The number of fused-ring (bicyclic) bond motifs is 1. The zero-order chi connectivity index (χ0) is 13.9. The number of nitrogens with one attached hydrogen (secondary N) is 1. The van der Waals surface area contributed by atoms with E-state index < -0.39 is 11.6 Å². The van der Waals surface area contributed by atoms with Crippen LogP contribution in [0.1, 0.15) is 5.56 Å². The molecule has 1 N–H and O–H groups in total. The Labute approximate surface area is 115 Å². The number of pyridine rings is 1. The molecule has 1 heterocycles. The van der Waals surface area contributed by atoms with Crippen LogP contribution in [0.15, 0.2) is 54.7 Å². The second-order valence-corrected chi connectivity index (χ2v) is 4.46.